The standard InChI is InChI=1S/C66H74BN3/c1-41-32-58-60-59(33-41)70(61-43(3)34-45(35-44(61)4)62(5,6)7)57-40-52-50(64(10,11)29-31-66(52,14)15)38-54(57)67(60)53-27-26-48(68(46-22-18-16-19-23-46)47-24-20-17-21-25-47)37-56(53)69(58)55-39-51-49(36-42(55)2)63(8,9)28-30-65(51,12)13/h16-27,32-40H,28-31H2,1-15H3/i1D3. The minimum absolute atomic E-state index is 0.0162. The SMILES string of the molecule is [2H]C([2H])([2H])c1cc2c3c(c1)N(c1c(C)cc(C(C)(C)C)cc1C)c1cc4c(cc1B3c1ccc(N(c3ccccc3)c3ccccc3)cc1N2c1cc2c(cc1C)C(C)(C)CCC2(C)C)C(C)(C)CCC4(C)C. The topological polar surface area (TPSA) is 9.72 Å². The Morgan fingerprint density at radius 1 is 0.471 bits per heavy atom. The maximum Gasteiger partial charge on any atom is 0.252 e. The van der Waals surface area contributed by atoms with Gasteiger partial charge in [-0.2, -0.15) is 0 Å². The number of hydrogen-bond acceptors (Lipinski definition) is 3. The number of rotatable bonds is 5. The monoisotopic (exact) mass is 923 g/mol. The van der Waals surface area contributed by atoms with Crippen LogP contribution < -0.4 is 31.1 Å². The third-order valence-electron chi connectivity index (χ3n) is 17.3. The summed E-state index contributed by atoms with van der Waals surface area (Å²) in [5.74, 6) is 0. The van der Waals surface area contributed by atoms with Crippen LogP contribution >= 0.6 is 0 Å². The van der Waals surface area contributed by atoms with Crippen molar-refractivity contribution < 1.29 is 4.11 Å². The van der Waals surface area contributed by atoms with E-state index in [1.54, 1.807) is 0 Å². The predicted molar refractivity (Wildman–Crippen MR) is 303 cm³/mol. The minimum atomic E-state index is -2.39. The van der Waals surface area contributed by atoms with Crippen LogP contribution in [0.25, 0.3) is 0 Å². The summed E-state index contributed by atoms with van der Waals surface area (Å²) < 4.78 is 27.9. The van der Waals surface area contributed by atoms with Gasteiger partial charge in [-0.25, -0.2) is 0 Å². The van der Waals surface area contributed by atoms with Crippen molar-refractivity contribution in [3.63, 3.8) is 0 Å². The van der Waals surface area contributed by atoms with E-state index in [0.29, 0.717) is 5.56 Å². The van der Waals surface area contributed by atoms with Crippen LogP contribution in [0, 0.1) is 27.6 Å². The molecular weight excluding hydrogens is 846 g/mol. The van der Waals surface area contributed by atoms with E-state index in [0.717, 1.165) is 82.3 Å². The summed E-state index contributed by atoms with van der Waals surface area (Å²) in [4.78, 5) is 7.32. The largest absolute Gasteiger partial charge is 0.311 e. The summed E-state index contributed by atoms with van der Waals surface area (Å²) in [7, 11) is 0. The van der Waals surface area contributed by atoms with E-state index in [9.17, 15) is 4.11 Å². The van der Waals surface area contributed by atoms with Crippen molar-refractivity contribution in [2.24, 2.45) is 0 Å². The molecule has 11 rings (SSSR count). The first-order valence-corrected chi connectivity index (χ1v) is 26.0. The van der Waals surface area contributed by atoms with E-state index in [4.69, 9.17) is 0 Å². The Labute approximate surface area is 425 Å². The lowest BCUT2D eigenvalue weighted by molar-refractivity contribution is 0.332. The number of aryl methyl sites for hydroxylation is 4. The molecule has 0 fully saturated rings. The predicted octanol–water partition coefficient (Wildman–Crippen LogP) is 16.5. The van der Waals surface area contributed by atoms with Gasteiger partial charge < -0.3 is 14.7 Å². The molecule has 0 N–H and O–H groups in total. The molecule has 4 heteroatoms. The van der Waals surface area contributed by atoms with Crippen LogP contribution in [0.4, 0.5) is 51.2 Å². The number of anilines is 9. The second-order valence-corrected chi connectivity index (χ2v) is 25.2. The lowest BCUT2D eigenvalue weighted by atomic mass is 9.33. The van der Waals surface area contributed by atoms with Gasteiger partial charge in [-0.1, -0.05) is 143 Å². The van der Waals surface area contributed by atoms with Crippen molar-refractivity contribution >= 4 is 74.3 Å². The third kappa shape index (κ3) is 7.20. The van der Waals surface area contributed by atoms with Gasteiger partial charge in [0.2, 0.25) is 0 Å². The zero-order valence-electron chi connectivity index (χ0n) is 47.4. The molecule has 0 amide bonds. The Balaban J connectivity index is 1.30. The van der Waals surface area contributed by atoms with Gasteiger partial charge >= 0.3 is 0 Å². The molecule has 2 heterocycles. The fourth-order valence-electron chi connectivity index (χ4n) is 13.0. The molecule has 0 atom stereocenters. The molecule has 4 aliphatic rings. The number of hydrogen-bond donors (Lipinski definition) is 0. The molecule has 2 aliphatic heterocycles. The summed E-state index contributed by atoms with van der Waals surface area (Å²) in [6, 6.07) is 47.3. The third-order valence-corrected chi connectivity index (χ3v) is 17.3. The highest BCUT2D eigenvalue weighted by Crippen LogP contribution is 2.54. The Bertz CT molecular complexity index is 3310. The Kier molecular flexibility index (Phi) is 9.64. The van der Waals surface area contributed by atoms with E-state index >= 15 is 0 Å². The highest BCUT2D eigenvalue weighted by molar-refractivity contribution is 7.00. The van der Waals surface area contributed by atoms with Crippen LogP contribution in [-0.4, -0.2) is 6.71 Å². The fourth-order valence-corrected chi connectivity index (χ4v) is 13.0. The van der Waals surface area contributed by atoms with E-state index in [1.807, 2.05) is 12.1 Å². The molecule has 0 spiro atoms. The van der Waals surface area contributed by atoms with Crippen molar-refractivity contribution in [1.29, 1.82) is 0 Å². The van der Waals surface area contributed by atoms with Gasteiger partial charge in [-0.15, -0.1) is 0 Å². The second kappa shape index (κ2) is 15.8. The van der Waals surface area contributed by atoms with Crippen LogP contribution in [0.15, 0.2) is 127 Å². The maximum absolute atomic E-state index is 9.30. The smallest absolute Gasteiger partial charge is 0.252 e. The molecule has 2 aliphatic carbocycles. The summed E-state index contributed by atoms with van der Waals surface area (Å²) in [6.45, 7) is 30.3. The first-order valence-electron chi connectivity index (χ1n) is 27.5. The van der Waals surface area contributed by atoms with Gasteiger partial charge in [-0.05, 0) is 208 Å². The Morgan fingerprint density at radius 2 is 0.943 bits per heavy atom. The molecule has 7 aromatic carbocycles. The molecule has 0 saturated carbocycles. The average Bonchev–Trinajstić information content (AvgIpc) is 3.32. The summed E-state index contributed by atoms with van der Waals surface area (Å²) >= 11 is 0. The molecule has 7 aromatic rings. The van der Waals surface area contributed by atoms with Crippen molar-refractivity contribution in [3.05, 3.63) is 177 Å². The zero-order valence-corrected chi connectivity index (χ0v) is 44.4. The van der Waals surface area contributed by atoms with Crippen molar-refractivity contribution in [1.82, 2.24) is 0 Å². The quantitative estimate of drug-likeness (QED) is 0.159. The van der Waals surface area contributed by atoms with Gasteiger partial charge in [0.25, 0.3) is 6.71 Å². The van der Waals surface area contributed by atoms with Crippen LogP contribution in [0.1, 0.15) is 156 Å². The van der Waals surface area contributed by atoms with Gasteiger partial charge in [-0.3, -0.25) is 0 Å². The van der Waals surface area contributed by atoms with E-state index in [-0.39, 0.29) is 33.8 Å². The molecule has 0 aromatic heterocycles. The molecule has 0 radical (unpaired) electrons. The molecule has 356 valence electrons. The number of para-hydroxylation sites is 2. The summed E-state index contributed by atoms with van der Waals surface area (Å²) in [5.41, 5.74) is 23.6. The Morgan fingerprint density at radius 3 is 1.46 bits per heavy atom. The normalized spacial score (nSPS) is 18.6. The second-order valence-electron chi connectivity index (χ2n) is 25.2. The highest BCUT2D eigenvalue weighted by atomic mass is 15.2. The first-order chi connectivity index (χ1) is 34.2. The molecule has 0 bridgehead atoms. The number of benzene rings is 7. The molecule has 0 saturated heterocycles. The number of fused-ring (bicyclic) bond motifs is 6. The van der Waals surface area contributed by atoms with Gasteiger partial charge in [0.05, 0.1) is 5.69 Å². The van der Waals surface area contributed by atoms with E-state index in [1.165, 1.54) is 55.4 Å². The molecule has 0 unspecified atom stereocenters. The van der Waals surface area contributed by atoms with Crippen LogP contribution in [0.3, 0.4) is 0 Å². The minimum Gasteiger partial charge on any atom is -0.311 e. The Hall–Kier alpha value is -6.00. The van der Waals surface area contributed by atoms with Crippen LogP contribution in [0.5, 0.6) is 0 Å². The maximum atomic E-state index is 9.30. The molecular formula is C66H74BN3. The summed E-state index contributed by atoms with van der Waals surface area (Å²) in [6.07, 6.45) is 4.39. The van der Waals surface area contributed by atoms with Crippen molar-refractivity contribution in [3.8, 4) is 0 Å². The lowest BCUT2D eigenvalue weighted by Crippen LogP contribution is -2.62. The fraction of sp³-hybridized carbons (Fsp3) is 0.364. The van der Waals surface area contributed by atoms with Gasteiger partial charge in [0.1, 0.15) is 0 Å². The summed E-state index contributed by atoms with van der Waals surface area (Å²) in [5, 5.41) is 0. The van der Waals surface area contributed by atoms with Gasteiger partial charge in [0, 0.05) is 49.6 Å². The average molecular weight is 923 g/mol. The highest BCUT2D eigenvalue weighted by Gasteiger charge is 2.48. The molecule has 70 heavy (non-hydrogen) atoms. The van der Waals surface area contributed by atoms with E-state index in [2.05, 4.69) is 227 Å². The van der Waals surface area contributed by atoms with E-state index < -0.39 is 6.85 Å². The lowest BCUT2D eigenvalue weighted by Gasteiger charge is -2.48. The molecule has 3 nitrogen and oxygen atoms in total. The zero-order chi connectivity index (χ0) is 52.1. The number of nitrogens with zero attached hydrogens (tertiary/aromatic N) is 3. The first kappa shape index (κ1) is 42.8. The van der Waals surface area contributed by atoms with Crippen LogP contribution in [0.2, 0.25) is 0 Å². The van der Waals surface area contributed by atoms with Crippen molar-refractivity contribution in [2.45, 2.75) is 157 Å². The van der Waals surface area contributed by atoms with Gasteiger partial charge in [0.15, 0.2) is 0 Å². The van der Waals surface area contributed by atoms with Crippen molar-refractivity contribution in [2.75, 3.05) is 14.7 Å². The van der Waals surface area contributed by atoms with Crippen LogP contribution in [-0.2, 0) is 27.1 Å².